The molecule has 2 fully saturated rings. The van der Waals surface area contributed by atoms with Crippen LogP contribution in [0.25, 0.3) is 0 Å². The molecule has 3 rings (SSSR count). The molecule has 1 saturated heterocycles. The summed E-state index contributed by atoms with van der Waals surface area (Å²) in [4.78, 5) is 24.3. The molecule has 0 bridgehead atoms. The number of carbonyl (C=O) groups is 2. The average molecular weight is 320 g/mol. The van der Waals surface area contributed by atoms with Crippen LogP contribution in [0.3, 0.4) is 0 Å². The van der Waals surface area contributed by atoms with Gasteiger partial charge < -0.3 is 9.47 Å². The molecule has 0 unspecified atom stereocenters. The monoisotopic (exact) mass is 320 g/mol. The first-order valence-electron chi connectivity index (χ1n) is 7.92. The van der Waals surface area contributed by atoms with Gasteiger partial charge >= 0.3 is 11.9 Å². The number of ether oxygens (including phenoxy) is 2. The Morgan fingerprint density at radius 3 is 2.39 bits per heavy atom. The summed E-state index contributed by atoms with van der Waals surface area (Å²) < 4.78 is 10.8. The van der Waals surface area contributed by atoms with Crippen LogP contribution in [0, 0.1) is 5.92 Å². The highest BCUT2D eigenvalue weighted by atomic mass is 16.7. The standard InChI is InChI=1S/C15H20N4O4/c1-3-10-4-6-15(7-5-10)22-13(20)12(14(21)23-15)19-18-11-8-9(2)16-17-11/h10H,3-8H2,1-2H3,(H,17,18). The number of amidine groups is 1. The quantitative estimate of drug-likeness (QED) is 0.614. The van der Waals surface area contributed by atoms with Gasteiger partial charge in [-0.05, 0) is 25.7 Å². The predicted octanol–water partition coefficient (Wildman–Crippen LogP) is 1.51. The van der Waals surface area contributed by atoms with E-state index in [1.54, 1.807) is 0 Å². The Labute approximate surface area is 134 Å². The second-order valence-corrected chi connectivity index (χ2v) is 6.17. The molecular formula is C15H20N4O4. The number of nitrogens with one attached hydrogen (secondary N) is 1. The highest BCUT2D eigenvalue weighted by molar-refractivity contribution is 6.63. The van der Waals surface area contributed by atoms with Crippen LogP contribution in [0.1, 0.15) is 52.4 Å². The molecule has 0 amide bonds. The average Bonchev–Trinajstić information content (AvgIpc) is 2.93. The summed E-state index contributed by atoms with van der Waals surface area (Å²) in [5, 5.41) is 11.5. The lowest BCUT2D eigenvalue weighted by Crippen LogP contribution is -2.52. The summed E-state index contributed by atoms with van der Waals surface area (Å²) in [6.45, 7) is 3.96. The van der Waals surface area contributed by atoms with Crippen molar-refractivity contribution < 1.29 is 19.1 Å². The Balaban J connectivity index is 1.64. The lowest BCUT2D eigenvalue weighted by Gasteiger charge is -2.40. The van der Waals surface area contributed by atoms with Crippen molar-refractivity contribution in [2.75, 3.05) is 0 Å². The lowest BCUT2D eigenvalue weighted by atomic mass is 9.83. The minimum atomic E-state index is -1.11. The van der Waals surface area contributed by atoms with E-state index in [0.717, 1.165) is 25.0 Å². The molecule has 124 valence electrons. The number of rotatable bonds is 2. The zero-order valence-corrected chi connectivity index (χ0v) is 13.3. The molecule has 0 aromatic carbocycles. The second-order valence-electron chi connectivity index (χ2n) is 6.17. The third-order valence-corrected chi connectivity index (χ3v) is 4.45. The fourth-order valence-corrected chi connectivity index (χ4v) is 3.00. The summed E-state index contributed by atoms with van der Waals surface area (Å²) in [6.07, 6.45) is 4.44. The van der Waals surface area contributed by atoms with E-state index in [1.807, 2.05) is 6.92 Å². The highest BCUT2D eigenvalue weighted by Gasteiger charge is 2.49. The van der Waals surface area contributed by atoms with Crippen molar-refractivity contribution in [1.82, 2.24) is 5.43 Å². The molecule has 1 N–H and O–H groups in total. The molecule has 8 nitrogen and oxygen atoms in total. The van der Waals surface area contributed by atoms with Crippen molar-refractivity contribution in [3.63, 3.8) is 0 Å². The predicted molar refractivity (Wildman–Crippen MR) is 82.9 cm³/mol. The molecule has 8 heteroatoms. The van der Waals surface area contributed by atoms with Gasteiger partial charge in [0.1, 0.15) is 0 Å². The van der Waals surface area contributed by atoms with Crippen LogP contribution in [0.4, 0.5) is 0 Å². The number of nitrogens with zero attached hydrogens (tertiary/aromatic N) is 3. The van der Waals surface area contributed by atoms with E-state index in [2.05, 4.69) is 27.7 Å². The SMILES string of the molecule is CCC1CCC2(CC1)OC(=O)C(=NNC1=NN=C(C)C1)C(=O)O2. The van der Waals surface area contributed by atoms with E-state index in [0.29, 0.717) is 31.0 Å². The minimum Gasteiger partial charge on any atom is -0.417 e. The molecule has 2 aliphatic heterocycles. The van der Waals surface area contributed by atoms with Crippen LogP contribution in [-0.2, 0) is 19.1 Å². The molecule has 1 aliphatic carbocycles. The van der Waals surface area contributed by atoms with E-state index in [4.69, 9.17) is 9.47 Å². The minimum absolute atomic E-state index is 0.388. The number of carbonyl (C=O) groups excluding carboxylic acids is 2. The normalized spacial score (nSPS) is 30.5. The van der Waals surface area contributed by atoms with Crippen LogP contribution in [0.5, 0.6) is 0 Å². The van der Waals surface area contributed by atoms with Gasteiger partial charge in [0, 0.05) is 25.0 Å². The van der Waals surface area contributed by atoms with Crippen molar-refractivity contribution in [1.29, 1.82) is 0 Å². The molecule has 2 heterocycles. The van der Waals surface area contributed by atoms with Gasteiger partial charge in [-0.2, -0.15) is 10.2 Å². The summed E-state index contributed by atoms with van der Waals surface area (Å²) in [5.74, 6) is -1.54. The Morgan fingerprint density at radius 2 is 1.87 bits per heavy atom. The van der Waals surface area contributed by atoms with E-state index >= 15 is 0 Å². The first-order chi connectivity index (χ1) is 11.0. The largest absolute Gasteiger partial charge is 0.417 e. The number of hydrazone groups is 1. The van der Waals surface area contributed by atoms with Crippen LogP contribution in [-0.4, -0.2) is 35.0 Å². The van der Waals surface area contributed by atoms with Gasteiger partial charge in [-0.25, -0.2) is 9.59 Å². The van der Waals surface area contributed by atoms with Gasteiger partial charge in [-0.15, -0.1) is 5.10 Å². The van der Waals surface area contributed by atoms with Gasteiger partial charge in [-0.1, -0.05) is 13.3 Å². The number of esters is 2. The molecule has 0 aromatic rings. The molecule has 0 aromatic heterocycles. The molecule has 23 heavy (non-hydrogen) atoms. The van der Waals surface area contributed by atoms with Gasteiger partial charge in [-0.3, -0.25) is 5.43 Å². The van der Waals surface area contributed by atoms with Crippen molar-refractivity contribution >= 4 is 29.2 Å². The zero-order chi connectivity index (χ0) is 16.4. The number of hydrogen-bond donors (Lipinski definition) is 1. The fraction of sp³-hybridized carbons (Fsp3) is 0.667. The zero-order valence-electron chi connectivity index (χ0n) is 13.3. The van der Waals surface area contributed by atoms with Crippen LogP contribution >= 0.6 is 0 Å². The Hall–Kier alpha value is -2.25. The van der Waals surface area contributed by atoms with Crippen molar-refractivity contribution in [3.05, 3.63) is 0 Å². The molecule has 3 aliphatic rings. The molecule has 0 radical (unpaired) electrons. The maximum atomic E-state index is 12.1. The van der Waals surface area contributed by atoms with Crippen LogP contribution in [0.15, 0.2) is 15.3 Å². The van der Waals surface area contributed by atoms with Crippen molar-refractivity contribution in [3.8, 4) is 0 Å². The van der Waals surface area contributed by atoms with Gasteiger partial charge in [0.2, 0.25) is 0 Å². The van der Waals surface area contributed by atoms with E-state index in [-0.39, 0.29) is 5.71 Å². The van der Waals surface area contributed by atoms with Gasteiger partial charge in [0.15, 0.2) is 5.84 Å². The maximum Gasteiger partial charge on any atom is 0.369 e. The van der Waals surface area contributed by atoms with Crippen LogP contribution < -0.4 is 5.43 Å². The number of hydrogen-bond acceptors (Lipinski definition) is 8. The summed E-state index contributed by atoms with van der Waals surface area (Å²) in [6, 6.07) is 0. The van der Waals surface area contributed by atoms with Crippen molar-refractivity contribution in [2.45, 2.75) is 58.2 Å². The van der Waals surface area contributed by atoms with Gasteiger partial charge in [0.05, 0.1) is 0 Å². The molecule has 1 spiro atoms. The molecular weight excluding hydrogens is 300 g/mol. The Kier molecular flexibility index (Phi) is 4.14. The summed E-state index contributed by atoms with van der Waals surface area (Å²) in [7, 11) is 0. The van der Waals surface area contributed by atoms with E-state index in [1.165, 1.54) is 0 Å². The first kappa shape index (κ1) is 15.6. The van der Waals surface area contributed by atoms with E-state index in [9.17, 15) is 9.59 Å². The second kappa shape index (κ2) is 6.10. The summed E-state index contributed by atoms with van der Waals surface area (Å²) in [5.41, 5.74) is 3.01. The first-order valence-corrected chi connectivity index (χ1v) is 7.92. The van der Waals surface area contributed by atoms with E-state index < -0.39 is 17.7 Å². The van der Waals surface area contributed by atoms with Crippen LogP contribution in [0.2, 0.25) is 0 Å². The van der Waals surface area contributed by atoms with Crippen molar-refractivity contribution in [2.24, 2.45) is 21.2 Å². The Morgan fingerprint density at radius 1 is 1.22 bits per heavy atom. The fourth-order valence-electron chi connectivity index (χ4n) is 3.00. The maximum absolute atomic E-state index is 12.1. The highest BCUT2D eigenvalue weighted by Crippen LogP contribution is 2.39. The Bertz CT molecular complexity index is 593. The lowest BCUT2D eigenvalue weighted by molar-refractivity contribution is -0.240. The summed E-state index contributed by atoms with van der Waals surface area (Å²) >= 11 is 0. The third kappa shape index (κ3) is 3.25. The smallest absolute Gasteiger partial charge is 0.369 e. The molecule has 0 atom stereocenters. The topological polar surface area (TPSA) is 102 Å². The van der Waals surface area contributed by atoms with Gasteiger partial charge in [0.25, 0.3) is 11.5 Å². The third-order valence-electron chi connectivity index (χ3n) is 4.45. The molecule has 1 saturated carbocycles.